The second-order valence-corrected chi connectivity index (χ2v) is 6.56. The highest BCUT2D eigenvalue weighted by atomic mass is 16.5. The lowest BCUT2D eigenvalue weighted by molar-refractivity contribution is 0.0767. The van der Waals surface area contributed by atoms with Gasteiger partial charge in [0, 0.05) is 36.5 Å². The minimum Gasteiger partial charge on any atom is -0.471 e. The van der Waals surface area contributed by atoms with Crippen molar-refractivity contribution < 1.29 is 14.3 Å². The molecule has 1 aliphatic heterocycles. The molecule has 2 aromatic carbocycles. The number of likely N-dealkylation sites (tertiary alicyclic amines) is 1. The zero-order valence-corrected chi connectivity index (χ0v) is 15.2. The van der Waals surface area contributed by atoms with E-state index in [1.165, 1.54) is 0 Å². The van der Waals surface area contributed by atoms with E-state index in [9.17, 15) is 9.59 Å². The third kappa shape index (κ3) is 3.76. The van der Waals surface area contributed by atoms with Gasteiger partial charge in [-0.05, 0) is 6.07 Å². The molecule has 3 aromatic rings. The molecule has 0 aliphatic carbocycles. The van der Waals surface area contributed by atoms with Gasteiger partial charge in [-0.3, -0.25) is 14.6 Å². The molecule has 1 saturated heterocycles. The van der Waals surface area contributed by atoms with Crippen molar-refractivity contribution in [3.8, 4) is 5.88 Å². The predicted octanol–water partition coefficient (Wildman–Crippen LogP) is 3.00. The molecule has 28 heavy (non-hydrogen) atoms. The summed E-state index contributed by atoms with van der Waals surface area (Å²) in [5.41, 5.74) is 1.39. The average Bonchev–Trinajstić information content (AvgIpc) is 3.22. The van der Waals surface area contributed by atoms with Gasteiger partial charge in [-0.1, -0.05) is 48.5 Å². The Balaban J connectivity index is 1.51. The summed E-state index contributed by atoms with van der Waals surface area (Å²) in [4.78, 5) is 35.8. The Labute approximate surface area is 162 Å². The van der Waals surface area contributed by atoms with E-state index < -0.39 is 0 Å². The summed E-state index contributed by atoms with van der Waals surface area (Å²) in [6, 6.07) is 15.9. The van der Waals surface area contributed by atoms with E-state index in [1.54, 1.807) is 59.9 Å². The Kier molecular flexibility index (Phi) is 5.10. The zero-order chi connectivity index (χ0) is 19.3. The van der Waals surface area contributed by atoms with Crippen molar-refractivity contribution in [2.45, 2.75) is 12.5 Å². The van der Waals surface area contributed by atoms with E-state index in [0.29, 0.717) is 42.1 Å². The number of ether oxygens (including phenoxy) is 1. The minimum atomic E-state index is -0.162. The fraction of sp³-hybridized carbons (Fsp3) is 0.182. The number of carbonyl (C=O) groups excluding carboxylic acids is 2. The molecule has 0 N–H and O–H groups in total. The fourth-order valence-corrected chi connectivity index (χ4v) is 3.31. The van der Waals surface area contributed by atoms with Crippen molar-refractivity contribution in [1.29, 1.82) is 0 Å². The van der Waals surface area contributed by atoms with E-state index in [-0.39, 0.29) is 17.8 Å². The topological polar surface area (TPSA) is 72.4 Å². The van der Waals surface area contributed by atoms with Crippen LogP contribution in [0.2, 0.25) is 0 Å². The van der Waals surface area contributed by atoms with Crippen molar-refractivity contribution in [3.63, 3.8) is 0 Å². The Morgan fingerprint density at radius 1 is 0.964 bits per heavy atom. The lowest BCUT2D eigenvalue weighted by atomic mass is 9.97. The number of rotatable bonds is 5. The van der Waals surface area contributed by atoms with Gasteiger partial charge in [0.2, 0.25) is 5.88 Å². The number of hydrogen-bond acceptors (Lipinski definition) is 5. The second-order valence-electron chi connectivity index (χ2n) is 6.56. The van der Waals surface area contributed by atoms with Gasteiger partial charge in [0.15, 0.2) is 5.78 Å². The summed E-state index contributed by atoms with van der Waals surface area (Å²) in [5, 5.41) is 0. The highest BCUT2D eigenvalue weighted by Crippen LogP contribution is 2.21. The van der Waals surface area contributed by atoms with Crippen LogP contribution in [-0.2, 0) is 0 Å². The molecule has 1 atom stereocenters. The Hall–Kier alpha value is -3.54. The molecule has 140 valence electrons. The number of carbonyl (C=O) groups is 2. The van der Waals surface area contributed by atoms with Crippen LogP contribution >= 0.6 is 0 Å². The van der Waals surface area contributed by atoms with E-state index in [2.05, 4.69) is 9.97 Å². The van der Waals surface area contributed by atoms with Crippen molar-refractivity contribution >= 4 is 11.7 Å². The van der Waals surface area contributed by atoms with Crippen LogP contribution in [0.3, 0.4) is 0 Å². The largest absolute Gasteiger partial charge is 0.471 e. The maximum atomic E-state index is 13.1. The lowest BCUT2D eigenvalue weighted by Crippen LogP contribution is -2.32. The van der Waals surface area contributed by atoms with Crippen LogP contribution in [0, 0.1) is 0 Å². The van der Waals surface area contributed by atoms with Crippen molar-refractivity contribution in [2.24, 2.45) is 0 Å². The monoisotopic (exact) mass is 373 g/mol. The van der Waals surface area contributed by atoms with E-state index in [0.717, 1.165) is 0 Å². The first kappa shape index (κ1) is 17.9. The minimum absolute atomic E-state index is 0.141. The van der Waals surface area contributed by atoms with Crippen LogP contribution in [0.4, 0.5) is 0 Å². The number of hydrogen-bond donors (Lipinski definition) is 0. The molecule has 1 aromatic heterocycles. The van der Waals surface area contributed by atoms with Gasteiger partial charge in [-0.2, -0.15) is 0 Å². The van der Waals surface area contributed by atoms with E-state index >= 15 is 0 Å². The predicted molar refractivity (Wildman–Crippen MR) is 103 cm³/mol. The van der Waals surface area contributed by atoms with Gasteiger partial charge in [-0.15, -0.1) is 0 Å². The third-order valence-corrected chi connectivity index (χ3v) is 4.70. The molecule has 1 aliphatic rings. The summed E-state index contributed by atoms with van der Waals surface area (Å²) in [6.07, 6.45) is 5.27. The summed E-state index contributed by atoms with van der Waals surface area (Å²) < 4.78 is 5.80. The number of nitrogens with zero attached hydrogens (tertiary/aromatic N) is 3. The van der Waals surface area contributed by atoms with Gasteiger partial charge in [0.1, 0.15) is 6.10 Å². The first-order chi connectivity index (χ1) is 13.7. The molecule has 4 rings (SSSR count). The van der Waals surface area contributed by atoms with Crippen LogP contribution in [0.25, 0.3) is 0 Å². The zero-order valence-electron chi connectivity index (χ0n) is 15.2. The molecular weight excluding hydrogens is 354 g/mol. The molecular formula is C22H19N3O3. The first-order valence-corrected chi connectivity index (χ1v) is 9.13. The van der Waals surface area contributed by atoms with Crippen LogP contribution in [0.1, 0.15) is 32.7 Å². The van der Waals surface area contributed by atoms with Crippen molar-refractivity contribution in [2.75, 3.05) is 13.1 Å². The summed E-state index contributed by atoms with van der Waals surface area (Å²) in [7, 11) is 0. The molecule has 0 saturated carbocycles. The average molecular weight is 373 g/mol. The molecule has 6 heteroatoms. The summed E-state index contributed by atoms with van der Waals surface area (Å²) in [5.74, 6) is 0.127. The molecule has 0 spiro atoms. The SMILES string of the molecule is O=C(c1ccccc1)c1ccccc1C(=O)N1CCC(Oc2cnccn2)C1. The molecule has 2 heterocycles. The molecule has 1 unspecified atom stereocenters. The van der Waals surface area contributed by atoms with Gasteiger partial charge in [0.25, 0.3) is 5.91 Å². The van der Waals surface area contributed by atoms with Crippen molar-refractivity contribution in [3.05, 3.63) is 89.9 Å². The Morgan fingerprint density at radius 3 is 2.46 bits per heavy atom. The maximum absolute atomic E-state index is 13.1. The molecule has 1 amide bonds. The molecule has 6 nitrogen and oxygen atoms in total. The fourth-order valence-electron chi connectivity index (χ4n) is 3.31. The smallest absolute Gasteiger partial charge is 0.254 e. The van der Waals surface area contributed by atoms with Crippen LogP contribution in [-0.4, -0.2) is 45.8 Å². The van der Waals surface area contributed by atoms with E-state index in [4.69, 9.17) is 4.74 Å². The van der Waals surface area contributed by atoms with Gasteiger partial charge in [0.05, 0.1) is 18.3 Å². The highest BCUT2D eigenvalue weighted by Gasteiger charge is 2.30. The van der Waals surface area contributed by atoms with Gasteiger partial charge in [-0.25, -0.2) is 4.98 Å². The second kappa shape index (κ2) is 8.00. The Bertz CT molecular complexity index is 977. The number of aromatic nitrogens is 2. The molecule has 0 bridgehead atoms. The molecule has 1 fully saturated rings. The van der Waals surface area contributed by atoms with Crippen LogP contribution < -0.4 is 4.74 Å². The summed E-state index contributed by atoms with van der Waals surface area (Å²) >= 11 is 0. The highest BCUT2D eigenvalue weighted by molar-refractivity contribution is 6.15. The Morgan fingerprint density at radius 2 is 1.71 bits per heavy atom. The number of ketones is 1. The number of amides is 1. The van der Waals surface area contributed by atoms with Gasteiger partial charge < -0.3 is 9.64 Å². The maximum Gasteiger partial charge on any atom is 0.254 e. The van der Waals surface area contributed by atoms with Crippen LogP contribution in [0.15, 0.2) is 73.2 Å². The van der Waals surface area contributed by atoms with Crippen LogP contribution in [0.5, 0.6) is 5.88 Å². The standard InChI is InChI=1S/C22H19N3O3/c26-21(16-6-2-1-3-7-16)18-8-4-5-9-19(18)22(27)25-13-10-17(15-25)28-20-14-23-11-12-24-20/h1-9,11-12,14,17H,10,13,15H2. The van der Waals surface area contributed by atoms with Gasteiger partial charge >= 0.3 is 0 Å². The first-order valence-electron chi connectivity index (χ1n) is 9.13. The lowest BCUT2D eigenvalue weighted by Gasteiger charge is -2.18. The summed E-state index contributed by atoms with van der Waals surface area (Å²) in [6.45, 7) is 1.01. The van der Waals surface area contributed by atoms with E-state index in [1.807, 2.05) is 18.2 Å². The normalized spacial score (nSPS) is 16.0. The number of benzene rings is 2. The molecule has 0 radical (unpaired) electrons. The van der Waals surface area contributed by atoms with Crippen molar-refractivity contribution in [1.82, 2.24) is 14.9 Å². The third-order valence-electron chi connectivity index (χ3n) is 4.70. The quantitative estimate of drug-likeness (QED) is 0.643.